The van der Waals surface area contributed by atoms with Crippen LogP contribution in [-0.2, 0) is 14.8 Å². The Bertz CT molecular complexity index is 1040. The summed E-state index contributed by atoms with van der Waals surface area (Å²) in [5.74, 6) is -4.05. The van der Waals surface area contributed by atoms with Crippen molar-refractivity contribution < 1.29 is 26.7 Å². The van der Waals surface area contributed by atoms with Gasteiger partial charge in [0, 0.05) is 5.57 Å². The second kappa shape index (κ2) is 8.15. The summed E-state index contributed by atoms with van der Waals surface area (Å²) in [6.07, 6.45) is 1.20. The topological polar surface area (TPSA) is 148 Å². The van der Waals surface area contributed by atoms with Gasteiger partial charge in [-0.3, -0.25) is 15.5 Å². The molecule has 0 aliphatic rings. The van der Waals surface area contributed by atoms with E-state index in [1.54, 1.807) is 0 Å². The Morgan fingerprint density at radius 1 is 1.18 bits per heavy atom. The molecule has 6 N–H and O–H groups in total. The molecule has 0 radical (unpaired) electrons. The molecule has 2 aromatic carbocycles. The highest BCUT2D eigenvalue weighted by atomic mass is 32.2. The monoisotopic (exact) mass is 410 g/mol. The summed E-state index contributed by atoms with van der Waals surface area (Å²) in [4.78, 5) is 11.5. The van der Waals surface area contributed by atoms with E-state index < -0.39 is 39.3 Å². The first-order valence-corrected chi connectivity index (χ1v) is 9.15. The number of ether oxygens (including phenoxy) is 1. The van der Waals surface area contributed by atoms with E-state index in [1.165, 1.54) is 25.1 Å². The number of guanidine groups is 1. The maximum absolute atomic E-state index is 14.3. The minimum atomic E-state index is -3.90. The summed E-state index contributed by atoms with van der Waals surface area (Å²) in [5, 5.41) is 14.0. The molecule has 0 unspecified atom stereocenters. The van der Waals surface area contributed by atoms with E-state index in [9.17, 15) is 22.0 Å². The zero-order valence-electron chi connectivity index (χ0n) is 14.5. The highest BCUT2D eigenvalue weighted by molar-refractivity contribution is 7.89. The molecule has 0 saturated heterocycles. The third-order valence-corrected chi connectivity index (χ3v) is 4.31. The molecule has 0 saturated carbocycles. The first-order valence-electron chi connectivity index (χ1n) is 7.61. The van der Waals surface area contributed by atoms with Gasteiger partial charge in [-0.25, -0.2) is 22.3 Å². The molecule has 1 amide bonds. The fourth-order valence-corrected chi connectivity index (χ4v) is 2.63. The molecule has 0 aliphatic carbocycles. The molecule has 0 heterocycles. The van der Waals surface area contributed by atoms with Gasteiger partial charge in [0.2, 0.25) is 10.0 Å². The quantitative estimate of drug-likeness (QED) is 0.337. The SMILES string of the molecule is C/C(=C\c1cc(F)c(Oc2ccc(S(N)(=O)=O)cc2)c(F)c1)C(=O)NC(=N)N. The van der Waals surface area contributed by atoms with Crippen molar-refractivity contribution in [2.24, 2.45) is 10.9 Å². The molecule has 2 aromatic rings. The average molecular weight is 410 g/mol. The number of amides is 1. The van der Waals surface area contributed by atoms with Gasteiger partial charge in [-0.15, -0.1) is 0 Å². The molecule has 0 aliphatic heterocycles. The lowest BCUT2D eigenvalue weighted by atomic mass is 10.1. The molecular weight excluding hydrogens is 394 g/mol. The first kappa shape index (κ1) is 21.0. The molecule has 2 rings (SSSR count). The highest BCUT2D eigenvalue weighted by Gasteiger charge is 2.15. The summed E-state index contributed by atoms with van der Waals surface area (Å²) >= 11 is 0. The largest absolute Gasteiger partial charge is 0.451 e. The number of carbonyl (C=O) groups is 1. The molecule has 11 heteroatoms. The maximum atomic E-state index is 14.3. The lowest BCUT2D eigenvalue weighted by Crippen LogP contribution is -2.36. The van der Waals surface area contributed by atoms with E-state index in [0.29, 0.717) is 0 Å². The molecule has 0 fully saturated rings. The van der Waals surface area contributed by atoms with Crippen LogP contribution in [0.5, 0.6) is 11.5 Å². The zero-order valence-corrected chi connectivity index (χ0v) is 15.3. The predicted octanol–water partition coefficient (Wildman–Crippen LogP) is 1.82. The van der Waals surface area contributed by atoms with Crippen molar-refractivity contribution in [1.29, 1.82) is 5.41 Å². The van der Waals surface area contributed by atoms with Crippen LogP contribution in [0.2, 0.25) is 0 Å². The fourth-order valence-electron chi connectivity index (χ4n) is 2.11. The van der Waals surface area contributed by atoms with Crippen LogP contribution < -0.4 is 20.9 Å². The first-order chi connectivity index (χ1) is 13.0. The number of hydrogen-bond acceptors (Lipinski definition) is 5. The Balaban J connectivity index is 2.27. The molecule has 0 atom stereocenters. The minimum absolute atomic E-state index is 0.00879. The molecule has 148 valence electrons. The van der Waals surface area contributed by atoms with Gasteiger partial charge < -0.3 is 10.5 Å². The van der Waals surface area contributed by atoms with Crippen molar-refractivity contribution in [2.75, 3.05) is 0 Å². The van der Waals surface area contributed by atoms with E-state index in [0.717, 1.165) is 24.3 Å². The number of nitrogens with one attached hydrogen (secondary N) is 2. The van der Waals surface area contributed by atoms with Gasteiger partial charge in [-0.2, -0.15) is 0 Å². The summed E-state index contributed by atoms with van der Waals surface area (Å²) in [6.45, 7) is 1.38. The number of benzene rings is 2. The zero-order chi connectivity index (χ0) is 21.1. The third-order valence-electron chi connectivity index (χ3n) is 3.38. The number of rotatable bonds is 5. The van der Waals surface area contributed by atoms with Crippen LogP contribution in [0, 0.1) is 17.0 Å². The lowest BCUT2D eigenvalue weighted by Gasteiger charge is -2.10. The Labute approximate surface area is 159 Å². The fraction of sp³-hybridized carbons (Fsp3) is 0.0588. The standard InChI is InChI=1S/C17H16F2N4O4S/c1-9(16(24)23-17(20)21)6-10-7-13(18)15(14(19)8-10)27-11-2-4-12(5-3-11)28(22,25)26/h2-8H,1H3,(H2,22,25,26)(H4,20,21,23,24)/b9-6+. The highest BCUT2D eigenvalue weighted by Crippen LogP contribution is 2.29. The predicted molar refractivity (Wildman–Crippen MR) is 98.0 cm³/mol. The maximum Gasteiger partial charge on any atom is 0.253 e. The van der Waals surface area contributed by atoms with Crippen molar-refractivity contribution in [2.45, 2.75) is 11.8 Å². The van der Waals surface area contributed by atoms with E-state index in [2.05, 4.69) is 0 Å². The summed E-state index contributed by atoms with van der Waals surface area (Å²) in [6, 6.07) is 6.55. The Morgan fingerprint density at radius 3 is 2.18 bits per heavy atom. The van der Waals surface area contributed by atoms with Crippen LogP contribution in [0.15, 0.2) is 46.9 Å². The molecule has 0 aromatic heterocycles. The van der Waals surface area contributed by atoms with Gasteiger partial charge in [0.25, 0.3) is 5.91 Å². The van der Waals surface area contributed by atoms with Gasteiger partial charge >= 0.3 is 0 Å². The Hall–Kier alpha value is -3.31. The van der Waals surface area contributed by atoms with Crippen LogP contribution in [0.3, 0.4) is 0 Å². The van der Waals surface area contributed by atoms with Gasteiger partial charge in [0.1, 0.15) is 5.75 Å². The van der Waals surface area contributed by atoms with Gasteiger partial charge in [0.15, 0.2) is 23.3 Å². The Kier molecular flexibility index (Phi) is 6.11. The second-order valence-corrected chi connectivity index (χ2v) is 7.19. The summed E-state index contributed by atoms with van der Waals surface area (Å²) in [5.41, 5.74) is 5.16. The smallest absolute Gasteiger partial charge is 0.253 e. The number of nitrogens with two attached hydrogens (primary N) is 2. The normalized spacial score (nSPS) is 11.8. The minimum Gasteiger partial charge on any atom is -0.451 e. The molecular formula is C17H16F2N4O4S. The van der Waals surface area contributed by atoms with E-state index in [-0.39, 0.29) is 21.8 Å². The molecule has 8 nitrogen and oxygen atoms in total. The van der Waals surface area contributed by atoms with Crippen LogP contribution in [0.25, 0.3) is 6.08 Å². The van der Waals surface area contributed by atoms with Crippen LogP contribution in [-0.4, -0.2) is 20.3 Å². The van der Waals surface area contributed by atoms with Crippen molar-refractivity contribution >= 4 is 28.0 Å². The van der Waals surface area contributed by atoms with Crippen LogP contribution >= 0.6 is 0 Å². The van der Waals surface area contributed by atoms with Crippen molar-refractivity contribution in [3.63, 3.8) is 0 Å². The lowest BCUT2D eigenvalue weighted by molar-refractivity contribution is -0.116. The van der Waals surface area contributed by atoms with Crippen molar-refractivity contribution in [3.05, 3.63) is 59.2 Å². The number of hydrogen-bond donors (Lipinski definition) is 4. The van der Waals surface area contributed by atoms with Crippen LogP contribution in [0.1, 0.15) is 12.5 Å². The molecule has 0 spiro atoms. The Morgan fingerprint density at radius 2 is 1.71 bits per heavy atom. The number of sulfonamides is 1. The molecule has 28 heavy (non-hydrogen) atoms. The number of halogens is 2. The van der Waals surface area contributed by atoms with Gasteiger partial charge in [-0.1, -0.05) is 0 Å². The van der Waals surface area contributed by atoms with Crippen molar-refractivity contribution in [3.8, 4) is 11.5 Å². The van der Waals surface area contributed by atoms with E-state index in [1.807, 2.05) is 5.32 Å². The van der Waals surface area contributed by atoms with Crippen LogP contribution in [0.4, 0.5) is 8.78 Å². The van der Waals surface area contributed by atoms with Crippen molar-refractivity contribution in [1.82, 2.24) is 5.32 Å². The van der Waals surface area contributed by atoms with Gasteiger partial charge in [0.05, 0.1) is 4.90 Å². The number of primary sulfonamides is 1. The van der Waals surface area contributed by atoms with E-state index in [4.69, 9.17) is 21.0 Å². The van der Waals surface area contributed by atoms with E-state index >= 15 is 0 Å². The number of carbonyl (C=O) groups excluding carboxylic acids is 1. The third kappa shape index (κ3) is 5.34. The second-order valence-electron chi connectivity index (χ2n) is 5.63. The summed E-state index contributed by atoms with van der Waals surface area (Å²) in [7, 11) is -3.90. The summed E-state index contributed by atoms with van der Waals surface area (Å²) < 4.78 is 56.1. The van der Waals surface area contributed by atoms with Gasteiger partial charge in [-0.05, 0) is 55.0 Å². The average Bonchev–Trinajstić information content (AvgIpc) is 2.57. The molecule has 0 bridgehead atoms.